The van der Waals surface area contributed by atoms with Crippen LogP contribution in [0, 0.1) is 56.2 Å². The van der Waals surface area contributed by atoms with E-state index in [1.807, 2.05) is 30.3 Å². The van der Waals surface area contributed by atoms with E-state index in [9.17, 15) is 15.8 Å². The zero-order valence-electron chi connectivity index (χ0n) is 18.5. The van der Waals surface area contributed by atoms with Crippen molar-refractivity contribution < 1.29 is 9.47 Å². The van der Waals surface area contributed by atoms with Crippen LogP contribution in [0.15, 0.2) is 30.3 Å². The van der Waals surface area contributed by atoms with Gasteiger partial charge in [0.05, 0.1) is 24.1 Å². The fourth-order valence-corrected chi connectivity index (χ4v) is 6.04. The van der Waals surface area contributed by atoms with E-state index >= 15 is 0 Å². The average Bonchev–Trinajstić information content (AvgIpc) is 2.98. The van der Waals surface area contributed by atoms with Gasteiger partial charge in [0.2, 0.25) is 11.7 Å². The molecular weight excluding hydrogens is 400 g/mol. The molecule has 2 heterocycles. The fourth-order valence-electron chi connectivity index (χ4n) is 6.04. The minimum atomic E-state index is -1.81. The molecule has 1 aliphatic carbocycles. The molecule has 6 heteroatoms. The number of rotatable bonds is 2. The Morgan fingerprint density at radius 1 is 0.875 bits per heavy atom. The van der Waals surface area contributed by atoms with Crippen molar-refractivity contribution in [2.75, 3.05) is 0 Å². The Labute approximate surface area is 190 Å². The molecule has 1 saturated carbocycles. The second-order valence-electron chi connectivity index (χ2n) is 9.41. The maximum atomic E-state index is 10.5. The summed E-state index contributed by atoms with van der Waals surface area (Å²) in [6.07, 6.45) is 9.16. The molecule has 2 bridgehead atoms. The minimum Gasteiger partial charge on any atom is -0.447 e. The van der Waals surface area contributed by atoms with Gasteiger partial charge in [-0.05, 0) is 18.4 Å². The number of hydrogen-bond acceptors (Lipinski definition) is 6. The molecular formula is C26H30N4O2. The number of hydrogen-bond donors (Lipinski definition) is 1. The predicted octanol–water partition coefficient (Wildman–Crippen LogP) is 5.41. The van der Waals surface area contributed by atoms with Gasteiger partial charge in [0.1, 0.15) is 6.10 Å². The molecule has 2 saturated heterocycles. The third kappa shape index (κ3) is 3.28. The van der Waals surface area contributed by atoms with Crippen LogP contribution in [-0.4, -0.2) is 17.8 Å². The molecule has 0 amide bonds. The van der Waals surface area contributed by atoms with Gasteiger partial charge in [-0.1, -0.05) is 75.3 Å². The zero-order valence-corrected chi connectivity index (χ0v) is 18.5. The Kier molecular flexibility index (Phi) is 6.23. The Hall–Kier alpha value is -2.88. The van der Waals surface area contributed by atoms with Gasteiger partial charge in [-0.25, -0.2) is 0 Å². The van der Waals surface area contributed by atoms with Crippen LogP contribution in [-0.2, 0) is 15.9 Å². The SMILES string of the molecule is N#CC1(C#N)C(Cc2ccccc2)OC23CCCCCCCCCCC2C1(C#N)C(=N)O3. The van der Waals surface area contributed by atoms with Gasteiger partial charge in [0.15, 0.2) is 10.8 Å². The summed E-state index contributed by atoms with van der Waals surface area (Å²) in [5.41, 5.74) is -2.51. The van der Waals surface area contributed by atoms with E-state index in [-0.39, 0.29) is 5.90 Å². The first kappa shape index (κ1) is 22.3. The average molecular weight is 431 g/mol. The summed E-state index contributed by atoms with van der Waals surface area (Å²) in [4.78, 5) is 0. The third-order valence-electron chi connectivity index (χ3n) is 7.69. The van der Waals surface area contributed by atoms with Crippen molar-refractivity contribution in [2.45, 2.75) is 82.5 Å². The van der Waals surface area contributed by atoms with Crippen LogP contribution in [0.4, 0.5) is 0 Å². The Morgan fingerprint density at radius 3 is 2.12 bits per heavy atom. The standard InChI is InChI=1S/C26H30N4O2/c27-17-24(18-28)22(16-20-12-8-7-9-13-20)31-26-15-11-6-4-2-1-3-5-10-14-21(26)25(24,19-29)23(30)32-26/h7-9,12-13,21-22,30H,1-6,10-11,14-16H2. The molecule has 0 spiro atoms. The smallest absolute Gasteiger partial charge is 0.217 e. The quantitative estimate of drug-likeness (QED) is 0.674. The second kappa shape index (κ2) is 8.93. The maximum Gasteiger partial charge on any atom is 0.217 e. The molecule has 3 fully saturated rings. The number of ether oxygens (including phenoxy) is 2. The molecule has 0 aromatic heterocycles. The summed E-state index contributed by atoms with van der Waals surface area (Å²) in [6.45, 7) is 0. The molecule has 3 aliphatic rings. The molecule has 2 aliphatic heterocycles. The van der Waals surface area contributed by atoms with Gasteiger partial charge in [-0.3, -0.25) is 5.41 Å². The lowest BCUT2D eigenvalue weighted by Crippen LogP contribution is -2.63. The van der Waals surface area contributed by atoms with Crippen molar-refractivity contribution in [1.82, 2.24) is 0 Å². The Morgan fingerprint density at radius 2 is 1.50 bits per heavy atom. The van der Waals surface area contributed by atoms with Gasteiger partial charge >= 0.3 is 0 Å². The summed E-state index contributed by atoms with van der Waals surface area (Å²) in [6, 6.07) is 16.2. The van der Waals surface area contributed by atoms with Gasteiger partial charge in [0.25, 0.3) is 0 Å². The van der Waals surface area contributed by atoms with Crippen molar-refractivity contribution >= 4 is 5.90 Å². The highest BCUT2D eigenvalue weighted by molar-refractivity contribution is 5.89. The second-order valence-corrected chi connectivity index (χ2v) is 9.41. The Bertz CT molecular complexity index is 958. The first-order valence-electron chi connectivity index (χ1n) is 11.8. The van der Waals surface area contributed by atoms with Crippen molar-refractivity contribution in [3.63, 3.8) is 0 Å². The van der Waals surface area contributed by atoms with Crippen LogP contribution in [0.3, 0.4) is 0 Å². The number of benzene rings is 1. The predicted molar refractivity (Wildman–Crippen MR) is 118 cm³/mol. The molecule has 32 heavy (non-hydrogen) atoms. The van der Waals surface area contributed by atoms with E-state index in [2.05, 4.69) is 18.2 Å². The van der Waals surface area contributed by atoms with Crippen molar-refractivity contribution in [3.8, 4) is 18.2 Å². The lowest BCUT2D eigenvalue weighted by atomic mass is 9.52. The van der Waals surface area contributed by atoms with Gasteiger partial charge in [-0.2, -0.15) is 15.8 Å². The third-order valence-corrected chi connectivity index (χ3v) is 7.69. The topological polar surface area (TPSA) is 114 Å². The van der Waals surface area contributed by atoms with Crippen LogP contribution in [0.1, 0.15) is 69.8 Å². The lowest BCUT2D eigenvalue weighted by Gasteiger charge is -2.50. The van der Waals surface area contributed by atoms with E-state index in [1.54, 1.807) is 0 Å². The molecule has 4 unspecified atom stereocenters. The molecule has 0 radical (unpaired) electrons. The summed E-state index contributed by atoms with van der Waals surface area (Å²) < 4.78 is 12.8. The molecule has 6 nitrogen and oxygen atoms in total. The molecule has 4 atom stereocenters. The van der Waals surface area contributed by atoms with Crippen molar-refractivity contribution in [1.29, 1.82) is 21.2 Å². The first-order chi connectivity index (χ1) is 15.6. The number of nitrogens with zero attached hydrogens (tertiary/aromatic N) is 3. The van der Waals surface area contributed by atoms with Crippen LogP contribution in [0.25, 0.3) is 0 Å². The Balaban J connectivity index is 1.82. The van der Waals surface area contributed by atoms with Crippen LogP contribution >= 0.6 is 0 Å². The molecule has 166 valence electrons. The van der Waals surface area contributed by atoms with Gasteiger partial charge in [-0.15, -0.1) is 0 Å². The lowest BCUT2D eigenvalue weighted by molar-refractivity contribution is -0.284. The van der Waals surface area contributed by atoms with E-state index in [0.29, 0.717) is 19.3 Å². The van der Waals surface area contributed by atoms with E-state index in [0.717, 1.165) is 44.1 Å². The van der Waals surface area contributed by atoms with E-state index < -0.39 is 28.6 Å². The molecule has 1 N–H and O–H groups in total. The molecule has 4 rings (SSSR count). The first-order valence-corrected chi connectivity index (χ1v) is 11.8. The fraction of sp³-hybridized carbons (Fsp3) is 0.615. The highest BCUT2D eigenvalue weighted by Crippen LogP contribution is 2.65. The monoisotopic (exact) mass is 430 g/mol. The van der Waals surface area contributed by atoms with Crippen LogP contribution < -0.4 is 0 Å². The summed E-state index contributed by atoms with van der Waals surface area (Å²) in [5, 5.41) is 40.0. The highest BCUT2D eigenvalue weighted by Gasteiger charge is 2.79. The summed E-state index contributed by atoms with van der Waals surface area (Å²) in [5.74, 6) is -1.89. The van der Waals surface area contributed by atoms with Crippen LogP contribution in [0.2, 0.25) is 0 Å². The zero-order chi connectivity index (χ0) is 22.7. The van der Waals surface area contributed by atoms with Crippen molar-refractivity contribution in [3.05, 3.63) is 35.9 Å². The van der Waals surface area contributed by atoms with Gasteiger partial charge in [0, 0.05) is 12.8 Å². The van der Waals surface area contributed by atoms with Gasteiger partial charge < -0.3 is 9.47 Å². The van der Waals surface area contributed by atoms with E-state index in [4.69, 9.17) is 14.9 Å². The highest BCUT2D eigenvalue weighted by atomic mass is 16.7. The van der Waals surface area contributed by atoms with Crippen molar-refractivity contribution in [2.24, 2.45) is 16.7 Å². The minimum absolute atomic E-state index is 0.265. The number of nitrogens with one attached hydrogen (secondary N) is 1. The van der Waals surface area contributed by atoms with Crippen LogP contribution in [0.5, 0.6) is 0 Å². The summed E-state index contributed by atoms with van der Waals surface area (Å²) in [7, 11) is 0. The molecule has 1 aromatic carbocycles. The normalized spacial score (nSPS) is 34.3. The number of nitriles is 3. The summed E-state index contributed by atoms with van der Waals surface area (Å²) >= 11 is 0. The maximum absolute atomic E-state index is 10.5. The van der Waals surface area contributed by atoms with E-state index in [1.165, 1.54) is 12.8 Å². The molecule has 1 aromatic rings. The largest absolute Gasteiger partial charge is 0.447 e.